The Bertz CT molecular complexity index is 864. The molecule has 0 fully saturated rings. The number of hydrogen-bond donors (Lipinski definition) is 2. The van der Waals surface area contributed by atoms with Crippen LogP contribution in [0.5, 0.6) is 0 Å². The van der Waals surface area contributed by atoms with E-state index in [0.29, 0.717) is 12.8 Å². The lowest BCUT2D eigenvalue weighted by Gasteiger charge is -2.23. The van der Waals surface area contributed by atoms with E-state index >= 15 is 0 Å². The largest absolute Gasteiger partial charge is 0.481 e. The number of Topliss-reactive ketones (excluding diaryl/α,β-unsaturated/α-hetero) is 1. The first-order valence-corrected chi connectivity index (χ1v) is 11.4. The molecule has 0 bridgehead atoms. The Labute approximate surface area is 191 Å². The van der Waals surface area contributed by atoms with Gasteiger partial charge < -0.3 is 10.4 Å². The average Bonchev–Trinajstić information content (AvgIpc) is 2.77. The first-order valence-electron chi connectivity index (χ1n) is 11.4. The third-order valence-corrected chi connectivity index (χ3v) is 5.69. The van der Waals surface area contributed by atoms with Crippen LogP contribution in [0, 0.1) is 17.8 Å². The summed E-state index contributed by atoms with van der Waals surface area (Å²) in [6.07, 6.45) is 2.16. The second-order valence-electron chi connectivity index (χ2n) is 9.01. The van der Waals surface area contributed by atoms with E-state index < -0.39 is 17.9 Å². The van der Waals surface area contributed by atoms with Gasteiger partial charge in [0.1, 0.15) is 0 Å². The summed E-state index contributed by atoms with van der Waals surface area (Å²) in [7, 11) is 0. The Balaban J connectivity index is 1.99. The van der Waals surface area contributed by atoms with Crippen LogP contribution < -0.4 is 5.32 Å². The maximum absolute atomic E-state index is 13.0. The number of nitrogens with one attached hydrogen (secondary N) is 1. The van der Waals surface area contributed by atoms with E-state index in [0.717, 1.165) is 12.0 Å². The maximum Gasteiger partial charge on any atom is 0.307 e. The molecule has 0 saturated carbocycles. The van der Waals surface area contributed by atoms with Crippen LogP contribution in [0.3, 0.4) is 0 Å². The molecule has 2 aromatic carbocycles. The van der Waals surface area contributed by atoms with Crippen molar-refractivity contribution in [2.24, 2.45) is 17.8 Å². The van der Waals surface area contributed by atoms with Crippen LogP contribution in [0.25, 0.3) is 0 Å². The van der Waals surface area contributed by atoms with Gasteiger partial charge in [-0.05, 0) is 42.7 Å². The van der Waals surface area contributed by atoms with Crippen molar-refractivity contribution in [3.8, 4) is 0 Å². The third-order valence-electron chi connectivity index (χ3n) is 5.69. The summed E-state index contributed by atoms with van der Waals surface area (Å²) in [6, 6.07) is 18.6. The van der Waals surface area contributed by atoms with Crippen LogP contribution in [-0.2, 0) is 27.2 Å². The number of carbonyl (C=O) groups excluding carboxylic acids is 2. The van der Waals surface area contributed by atoms with Gasteiger partial charge >= 0.3 is 5.97 Å². The minimum absolute atomic E-state index is 0.0969. The predicted molar refractivity (Wildman–Crippen MR) is 126 cm³/mol. The van der Waals surface area contributed by atoms with E-state index in [1.54, 1.807) is 0 Å². The average molecular weight is 438 g/mol. The summed E-state index contributed by atoms with van der Waals surface area (Å²) in [6.45, 7) is 5.85. The summed E-state index contributed by atoms with van der Waals surface area (Å²) in [5.41, 5.74) is 2.05. The quantitative estimate of drug-likeness (QED) is 0.476. The molecule has 2 aromatic rings. The fraction of sp³-hybridized carbons (Fsp3) is 0.444. The highest BCUT2D eigenvalue weighted by atomic mass is 16.4. The van der Waals surface area contributed by atoms with Gasteiger partial charge in [0.25, 0.3) is 0 Å². The van der Waals surface area contributed by atoms with Crippen molar-refractivity contribution in [2.75, 3.05) is 0 Å². The van der Waals surface area contributed by atoms with Crippen LogP contribution in [0.2, 0.25) is 0 Å². The highest BCUT2D eigenvalue weighted by Gasteiger charge is 2.29. The number of aryl methyl sites for hydroxylation is 1. The Morgan fingerprint density at radius 2 is 1.44 bits per heavy atom. The molecule has 32 heavy (non-hydrogen) atoms. The van der Waals surface area contributed by atoms with Crippen molar-refractivity contribution in [1.29, 1.82) is 0 Å². The smallest absolute Gasteiger partial charge is 0.307 e. The van der Waals surface area contributed by atoms with Crippen LogP contribution in [0.15, 0.2) is 60.7 Å². The van der Waals surface area contributed by atoms with Crippen molar-refractivity contribution in [1.82, 2.24) is 5.32 Å². The van der Waals surface area contributed by atoms with Gasteiger partial charge in [-0.25, -0.2) is 0 Å². The zero-order valence-electron chi connectivity index (χ0n) is 19.3. The number of aliphatic carboxylic acids is 1. The van der Waals surface area contributed by atoms with Crippen molar-refractivity contribution in [3.63, 3.8) is 0 Å². The number of benzene rings is 2. The molecule has 172 valence electrons. The van der Waals surface area contributed by atoms with E-state index in [1.807, 2.05) is 81.4 Å². The van der Waals surface area contributed by atoms with Crippen molar-refractivity contribution in [3.05, 3.63) is 71.8 Å². The lowest BCUT2D eigenvalue weighted by Crippen LogP contribution is -2.45. The molecule has 2 N–H and O–H groups in total. The van der Waals surface area contributed by atoms with E-state index in [9.17, 15) is 19.5 Å². The second-order valence-corrected chi connectivity index (χ2v) is 9.01. The maximum atomic E-state index is 13.0. The topological polar surface area (TPSA) is 83.5 Å². The summed E-state index contributed by atoms with van der Waals surface area (Å²) in [4.78, 5) is 37.6. The highest BCUT2D eigenvalue weighted by molar-refractivity contribution is 5.91. The fourth-order valence-corrected chi connectivity index (χ4v) is 3.75. The zero-order chi connectivity index (χ0) is 23.5. The molecule has 5 heteroatoms. The van der Waals surface area contributed by atoms with E-state index in [1.165, 1.54) is 5.56 Å². The van der Waals surface area contributed by atoms with Gasteiger partial charge in [0.2, 0.25) is 5.91 Å². The SMILES string of the molecule is CC(C)C[C@H](NC(=O)[C@@H](C)CCc1ccccc1)C(=O)C[C@@H](Cc1ccccc1)C(=O)O. The minimum atomic E-state index is -0.993. The molecule has 0 radical (unpaired) electrons. The number of carboxylic acid groups (broad SMARTS) is 1. The molecule has 3 atom stereocenters. The van der Waals surface area contributed by atoms with Gasteiger partial charge in [0.15, 0.2) is 5.78 Å². The normalized spacial score (nSPS) is 13.9. The van der Waals surface area contributed by atoms with E-state index in [4.69, 9.17) is 0 Å². The van der Waals surface area contributed by atoms with E-state index in [-0.39, 0.29) is 36.4 Å². The Kier molecular flexibility index (Phi) is 10.1. The molecule has 0 aliphatic rings. The fourth-order valence-electron chi connectivity index (χ4n) is 3.75. The number of amides is 1. The van der Waals surface area contributed by atoms with Gasteiger partial charge in [-0.2, -0.15) is 0 Å². The summed E-state index contributed by atoms with van der Waals surface area (Å²) < 4.78 is 0. The number of ketones is 1. The zero-order valence-corrected chi connectivity index (χ0v) is 19.3. The van der Waals surface area contributed by atoms with E-state index in [2.05, 4.69) is 5.32 Å². The van der Waals surface area contributed by atoms with Crippen LogP contribution in [0.1, 0.15) is 51.2 Å². The summed E-state index contributed by atoms with van der Waals surface area (Å²) in [5, 5.41) is 12.6. The molecule has 5 nitrogen and oxygen atoms in total. The van der Waals surface area contributed by atoms with Crippen molar-refractivity contribution in [2.45, 2.75) is 58.9 Å². The minimum Gasteiger partial charge on any atom is -0.481 e. The number of rotatable bonds is 13. The number of hydrogen-bond acceptors (Lipinski definition) is 3. The molecule has 0 aromatic heterocycles. The molecule has 0 heterocycles. The number of carboxylic acids is 1. The Morgan fingerprint density at radius 3 is 1.97 bits per heavy atom. The molecule has 0 aliphatic carbocycles. The molecule has 2 rings (SSSR count). The monoisotopic (exact) mass is 437 g/mol. The Hall–Kier alpha value is -2.95. The lowest BCUT2D eigenvalue weighted by atomic mass is 9.89. The van der Waals surface area contributed by atoms with Gasteiger partial charge in [-0.15, -0.1) is 0 Å². The predicted octanol–water partition coefficient (Wildman–Crippen LogP) is 4.69. The van der Waals surface area contributed by atoms with Crippen LogP contribution in [0.4, 0.5) is 0 Å². The molecule has 0 spiro atoms. The van der Waals surface area contributed by atoms with Gasteiger partial charge in [-0.1, -0.05) is 81.4 Å². The van der Waals surface area contributed by atoms with Crippen LogP contribution >= 0.6 is 0 Å². The number of carbonyl (C=O) groups is 3. The summed E-state index contributed by atoms with van der Waals surface area (Å²) >= 11 is 0. The van der Waals surface area contributed by atoms with Gasteiger partial charge in [-0.3, -0.25) is 14.4 Å². The molecule has 0 aliphatic heterocycles. The van der Waals surface area contributed by atoms with Crippen molar-refractivity contribution < 1.29 is 19.5 Å². The van der Waals surface area contributed by atoms with Gasteiger partial charge in [0.05, 0.1) is 12.0 Å². The van der Waals surface area contributed by atoms with Crippen molar-refractivity contribution >= 4 is 17.7 Å². The molecular weight excluding hydrogens is 402 g/mol. The first kappa shape index (κ1) is 25.3. The molecule has 0 saturated heterocycles. The molecule has 0 unspecified atom stereocenters. The van der Waals surface area contributed by atoms with Gasteiger partial charge in [0, 0.05) is 12.3 Å². The third kappa shape index (κ3) is 8.66. The Morgan fingerprint density at radius 1 is 0.875 bits per heavy atom. The summed E-state index contributed by atoms with van der Waals surface area (Å²) in [5.74, 6) is -2.22. The molecule has 1 amide bonds. The first-order chi connectivity index (χ1) is 15.3. The lowest BCUT2D eigenvalue weighted by molar-refractivity contribution is -0.144. The highest BCUT2D eigenvalue weighted by Crippen LogP contribution is 2.18. The second kappa shape index (κ2) is 12.8. The molecular formula is C27H35NO4. The standard InChI is InChI=1S/C27H35NO4/c1-19(2)16-24(28-26(30)20(3)14-15-21-10-6-4-7-11-21)25(29)18-23(27(31)32)17-22-12-8-5-9-13-22/h4-13,19-20,23-24H,14-18H2,1-3H3,(H,28,30)(H,31,32)/t20-,23+,24-/m0/s1. The van der Waals surface area contributed by atoms with Crippen LogP contribution in [-0.4, -0.2) is 28.8 Å².